The highest BCUT2D eigenvalue weighted by molar-refractivity contribution is 6.25. The minimum absolute atomic E-state index is 0.0763. The van der Waals surface area contributed by atoms with Crippen LogP contribution >= 0.6 is 0 Å². The van der Waals surface area contributed by atoms with Crippen LogP contribution in [0.1, 0.15) is 144 Å². The van der Waals surface area contributed by atoms with Crippen LogP contribution in [-0.4, -0.2) is 90.9 Å². The fourth-order valence-corrected chi connectivity index (χ4v) is 12.0. The number of carbonyl (C=O) groups is 5. The molecule has 2 unspecified atom stereocenters. The number of hydrogen-bond acceptors (Lipinski definition) is 10. The number of rotatable bonds is 9. The van der Waals surface area contributed by atoms with E-state index in [-0.39, 0.29) is 41.6 Å². The minimum atomic E-state index is -4.69. The average molecular weight is 895 g/mol. The Morgan fingerprint density at radius 1 is 0.938 bits per heavy atom. The first-order valence-electron chi connectivity index (χ1n) is 22.9. The van der Waals surface area contributed by atoms with Crippen LogP contribution in [0.15, 0.2) is 48.7 Å². The summed E-state index contributed by atoms with van der Waals surface area (Å²) in [7, 11) is 2.25. The van der Waals surface area contributed by atoms with Gasteiger partial charge in [0.1, 0.15) is 17.4 Å². The van der Waals surface area contributed by atoms with E-state index in [9.17, 15) is 42.3 Å². The summed E-state index contributed by atoms with van der Waals surface area (Å²) in [4.78, 5) is 71.5. The molecule has 2 aliphatic heterocycles. The SMILES string of the molecule is CN(CC1CCC(n2cc3cc(NC(=O)c4cccc(C(F)(F)F)n4)c4c(c3n2)CCC4(C)O)CC1)C1CCC2(CC1)CC(Nc1cccc3c1C(=O)N(C1CCC(=O)NC1=O)C3=O)C2. The van der Waals surface area contributed by atoms with E-state index in [1.807, 2.05) is 16.9 Å². The molecule has 0 bridgehead atoms. The zero-order chi connectivity index (χ0) is 45.6. The van der Waals surface area contributed by atoms with Gasteiger partial charge >= 0.3 is 6.18 Å². The quantitative estimate of drug-likeness (QED) is 0.127. The van der Waals surface area contributed by atoms with Crippen molar-refractivity contribution in [1.29, 1.82) is 0 Å². The number of aromatic nitrogens is 3. The molecule has 65 heavy (non-hydrogen) atoms. The van der Waals surface area contributed by atoms with Crippen molar-refractivity contribution in [2.24, 2.45) is 11.3 Å². The molecular weight excluding hydrogens is 842 g/mol. The molecule has 10 rings (SSSR count). The third kappa shape index (κ3) is 7.87. The van der Waals surface area contributed by atoms with E-state index in [1.165, 1.54) is 6.07 Å². The van der Waals surface area contributed by atoms with Crippen LogP contribution < -0.4 is 16.0 Å². The number of halogens is 3. The van der Waals surface area contributed by atoms with Crippen LogP contribution in [-0.2, 0) is 27.8 Å². The normalized spacial score (nSPS) is 29.0. The van der Waals surface area contributed by atoms with Gasteiger partial charge < -0.3 is 20.6 Å². The van der Waals surface area contributed by atoms with Gasteiger partial charge in [0.2, 0.25) is 11.8 Å². The van der Waals surface area contributed by atoms with Crippen LogP contribution in [0.2, 0.25) is 0 Å². The van der Waals surface area contributed by atoms with Crippen molar-refractivity contribution in [3.63, 3.8) is 0 Å². The molecule has 342 valence electrons. The summed E-state index contributed by atoms with van der Waals surface area (Å²) in [5, 5.41) is 25.8. The van der Waals surface area contributed by atoms with Gasteiger partial charge in [-0.3, -0.25) is 38.9 Å². The maximum atomic E-state index is 13.6. The Hall–Kier alpha value is -5.68. The molecule has 1 spiro atoms. The fraction of sp³-hybridized carbons (Fsp3) is 0.521. The number of carbonyl (C=O) groups excluding carboxylic acids is 5. The molecule has 0 radical (unpaired) electrons. The molecular formula is C48H53F3N8O6. The van der Waals surface area contributed by atoms with Gasteiger partial charge in [-0.1, -0.05) is 12.1 Å². The standard InChI is InChI=1S/C48H53F3N8O6/c1-46(65)18-17-32-40(46)35(54-42(61)34-7-4-8-37(53-34)48(49,50)51)21-27-25-58(56-41(27)32)30-11-9-26(10-12-30)24-57(2)29-15-19-47(20-16-29)22-28(23-47)52-33-6-3-5-31-39(33)45(64)59(44(31)63)36-13-14-38(60)55-43(36)62/h3-8,21,25-26,28-30,36,52,65H,9-20,22-24H2,1-2H3,(H,54,61)(H,55,60,62). The summed E-state index contributed by atoms with van der Waals surface area (Å²) >= 11 is 0. The summed E-state index contributed by atoms with van der Waals surface area (Å²) in [6, 6.07) is 10.1. The van der Waals surface area contributed by atoms with E-state index < -0.39 is 53.0 Å². The Morgan fingerprint density at radius 2 is 1.68 bits per heavy atom. The predicted octanol–water partition coefficient (Wildman–Crippen LogP) is 7.12. The molecule has 4 fully saturated rings. The number of aryl methyl sites for hydroxylation is 1. The monoisotopic (exact) mass is 894 g/mol. The molecule has 4 aromatic rings. The van der Waals surface area contributed by atoms with Gasteiger partial charge in [0.25, 0.3) is 17.7 Å². The number of amides is 5. The van der Waals surface area contributed by atoms with Crippen molar-refractivity contribution >= 4 is 51.8 Å². The maximum absolute atomic E-state index is 13.6. The Bertz CT molecular complexity index is 2620. The molecule has 5 amide bonds. The van der Waals surface area contributed by atoms with Gasteiger partial charge in [-0.05, 0) is 145 Å². The van der Waals surface area contributed by atoms with Gasteiger partial charge in [-0.25, -0.2) is 4.98 Å². The van der Waals surface area contributed by atoms with E-state index in [0.29, 0.717) is 47.3 Å². The maximum Gasteiger partial charge on any atom is 0.433 e. The molecule has 2 atom stereocenters. The van der Waals surface area contributed by atoms with Gasteiger partial charge in [0.05, 0.1) is 28.3 Å². The molecule has 14 nitrogen and oxygen atoms in total. The molecule has 1 saturated heterocycles. The number of nitrogens with one attached hydrogen (secondary N) is 3. The number of alkyl halides is 3. The molecule has 4 N–H and O–H groups in total. The number of nitrogens with zero attached hydrogens (tertiary/aromatic N) is 5. The number of piperidine rings is 1. The summed E-state index contributed by atoms with van der Waals surface area (Å²) < 4.78 is 42.1. The smallest absolute Gasteiger partial charge is 0.385 e. The number of fused-ring (bicyclic) bond motifs is 4. The Morgan fingerprint density at radius 3 is 2.40 bits per heavy atom. The summed E-state index contributed by atoms with van der Waals surface area (Å²) in [6.07, 6.45) is 9.06. The average Bonchev–Trinajstić information content (AvgIpc) is 3.91. The first kappa shape index (κ1) is 43.2. The number of imide groups is 2. The Kier molecular flexibility index (Phi) is 10.7. The van der Waals surface area contributed by atoms with Gasteiger partial charge in [0, 0.05) is 53.6 Å². The first-order valence-corrected chi connectivity index (χ1v) is 22.9. The molecule has 6 aliphatic rings. The third-order valence-corrected chi connectivity index (χ3v) is 15.4. The highest BCUT2D eigenvalue weighted by atomic mass is 19.4. The molecule has 4 heterocycles. The predicted molar refractivity (Wildman–Crippen MR) is 233 cm³/mol. The van der Waals surface area contributed by atoms with Crippen LogP contribution in [0.5, 0.6) is 0 Å². The third-order valence-electron chi connectivity index (χ3n) is 15.4. The Labute approximate surface area is 373 Å². The zero-order valence-corrected chi connectivity index (χ0v) is 36.5. The number of pyridine rings is 1. The van der Waals surface area contributed by atoms with Crippen LogP contribution in [0.4, 0.5) is 24.5 Å². The van der Waals surface area contributed by atoms with Crippen LogP contribution in [0.3, 0.4) is 0 Å². The summed E-state index contributed by atoms with van der Waals surface area (Å²) in [5.41, 5.74) is 1.19. The van der Waals surface area contributed by atoms with Crippen molar-refractivity contribution < 1.29 is 42.3 Å². The van der Waals surface area contributed by atoms with E-state index in [4.69, 9.17) is 5.10 Å². The number of benzene rings is 2. The van der Waals surface area contributed by atoms with Gasteiger partial charge in [-0.2, -0.15) is 18.3 Å². The summed E-state index contributed by atoms with van der Waals surface area (Å²) in [5.74, 6) is -2.25. The lowest BCUT2D eigenvalue weighted by Gasteiger charge is -2.53. The van der Waals surface area contributed by atoms with Crippen LogP contribution in [0.25, 0.3) is 10.9 Å². The molecule has 2 aromatic heterocycles. The topological polar surface area (TPSA) is 179 Å². The molecule has 3 saturated carbocycles. The van der Waals surface area contributed by atoms with E-state index >= 15 is 0 Å². The molecule has 2 aromatic carbocycles. The second kappa shape index (κ2) is 16.0. The lowest BCUT2D eigenvalue weighted by Crippen LogP contribution is -2.54. The van der Waals surface area contributed by atoms with Gasteiger partial charge in [-0.15, -0.1) is 0 Å². The minimum Gasteiger partial charge on any atom is -0.385 e. The Balaban J connectivity index is 0.720. The second-order valence-electron chi connectivity index (χ2n) is 19.7. The van der Waals surface area contributed by atoms with Crippen molar-refractivity contribution in [2.45, 2.75) is 133 Å². The number of anilines is 2. The highest BCUT2D eigenvalue weighted by Gasteiger charge is 2.49. The van der Waals surface area contributed by atoms with E-state index in [2.05, 4.69) is 32.9 Å². The highest BCUT2D eigenvalue weighted by Crippen LogP contribution is 2.53. The zero-order valence-electron chi connectivity index (χ0n) is 36.5. The second-order valence-corrected chi connectivity index (χ2v) is 19.7. The molecule has 17 heteroatoms. The van der Waals surface area contributed by atoms with Crippen LogP contribution in [0, 0.1) is 11.3 Å². The lowest BCUT2D eigenvalue weighted by molar-refractivity contribution is -0.141. The first-order chi connectivity index (χ1) is 31.0. The lowest BCUT2D eigenvalue weighted by atomic mass is 9.57. The number of aliphatic hydroxyl groups is 1. The van der Waals surface area contributed by atoms with Gasteiger partial charge in [0.15, 0.2) is 0 Å². The van der Waals surface area contributed by atoms with Crippen molar-refractivity contribution in [2.75, 3.05) is 24.2 Å². The van der Waals surface area contributed by atoms with Crippen molar-refractivity contribution in [1.82, 2.24) is 29.9 Å². The summed E-state index contributed by atoms with van der Waals surface area (Å²) in [6.45, 7) is 2.71. The fourth-order valence-electron chi connectivity index (χ4n) is 12.0. The largest absolute Gasteiger partial charge is 0.433 e. The van der Waals surface area contributed by atoms with E-state index in [1.54, 1.807) is 25.1 Å². The molecule has 4 aliphatic carbocycles. The van der Waals surface area contributed by atoms with Crippen molar-refractivity contribution in [3.05, 3.63) is 82.3 Å². The number of hydrogen-bond donors (Lipinski definition) is 4. The van der Waals surface area contributed by atoms with E-state index in [0.717, 1.165) is 104 Å². The van der Waals surface area contributed by atoms with Crippen molar-refractivity contribution in [3.8, 4) is 0 Å².